The number of carbonyl (C=O) groups is 2. The lowest BCUT2D eigenvalue weighted by Gasteiger charge is -2.15. The van der Waals surface area contributed by atoms with Gasteiger partial charge in [-0.1, -0.05) is 60.2 Å². The summed E-state index contributed by atoms with van der Waals surface area (Å²) in [7, 11) is 0. The van der Waals surface area contributed by atoms with Crippen LogP contribution >= 0.6 is 11.8 Å². The first-order chi connectivity index (χ1) is 14.4. The van der Waals surface area contributed by atoms with Gasteiger partial charge in [-0.15, -0.1) is 0 Å². The summed E-state index contributed by atoms with van der Waals surface area (Å²) in [5, 5.41) is 1.79. The van der Waals surface area contributed by atoms with Crippen molar-refractivity contribution in [1.29, 1.82) is 0 Å². The molecule has 3 aromatic carbocycles. The van der Waals surface area contributed by atoms with Crippen LogP contribution in [0.4, 0.5) is 4.79 Å². The molecule has 1 fully saturated rings. The van der Waals surface area contributed by atoms with E-state index in [0.29, 0.717) is 10.7 Å². The minimum Gasteiger partial charge on any atom is -0.490 e. The maximum atomic E-state index is 13.1. The van der Waals surface area contributed by atoms with Gasteiger partial charge in [0.25, 0.3) is 11.1 Å². The van der Waals surface area contributed by atoms with Gasteiger partial charge in [-0.25, -0.2) is 0 Å². The van der Waals surface area contributed by atoms with E-state index < -0.39 is 0 Å². The first kappa shape index (κ1) is 20.2. The number of benzene rings is 3. The summed E-state index contributed by atoms with van der Waals surface area (Å²) in [5.41, 5.74) is 2.86. The predicted octanol–water partition coefficient (Wildman–Crippen LogP) is 6.17. The largest absolute Gasteiger partial charge is 0.490 e. The molecule has 1 heterocycles. The molecule has 2 amide bonds. The minimum atomic E-state index is -0.269. The number of imide groups is 1. The van der Waals surface area contributed by atoms with E-state index in [4.69, 9.17) is 4.74 Å². The lowest BCUT2D eigenvalue weighted by molar-refractivity contribution is -0.123. The zero-order chi connectivity index (χ0) is 21.3. The molecule has 0 aromatic heterocycles. The van der Waals surface area contributed by atoms with Crippen molar-refractivity contribution in [2.45, 2.75) is 33.4 Å². The molecule has 0 N–H and O–H groups in total. The molecular weight excluding hydrogens is 394 g/mol. The fraction of sp³-hybridized carbons (Fsp3) is 0.200. The number of hydrogen-bond acceptors (Lipinski definition) is 4. The van der Waals surface area contributed by atoms with E-state index in [-0.39, 0.29) is 23.8 Å². The van der Waals surface area contributed by atoms with E-state index in [1.807, 2.05) is 81.4 Å². The fourth-order valence-corrected chi connectivity index (χ4v) is 4.36. The van der Waals surface area contributed by atoms with Gasteiger partial charge in [-0.2, -0.15) is 0 Å². The average molecular weight is 418 g/mol. The molecule has 0 unspecified atom stereocenters. The Hall–Kier alpha value is -3.05. The van der Waals surface area contributed by atoms with Crippen LogP contribution < -0.4 is 4.74 Å². The van der Waals surface area contributed by atoms with E-state index in [2.05, 4.69) is 0 Å². The molecule has 1 saturated heterocycles. The van der Waals surface area contributed by atoms with Crippen molar-refractivity contribution >= 4 is 39.8 Å². The lowest BCUT2D eigenvalue weighted by atomic mass is 10.0. The smallest absolute Gasteiger partial charge is 0.293 e. The molecule has 0 atom stereocenters. The molecule has 0 aliphatic carbocycles. The molecule has 152 valence electrons. The maximum Gasteiger partial charge on any atom is 0.293 e. The van der Waals surface area contributed by atoms with E-state index >= 15 is 0 Å². The lowest BCUT2D eigenvalue weighted by Crippen LogP contribution is -2.27. The van der Waals surface area contributed by atoms with Crippen molar-refractivity contribution in [2.24, 2.45) is 0 Å². The zero-order valence-electron chi connectivity index (χ0n) is 17.2. The van der Waals surface area contributed by atoms with Crippen LogP contribution in [0.15, 0.2) is 65.6 Å². The van der Waals surface area contributed by atoms with Crippen molar-refractivity contribution < 1.29 is 14.3 Å². The highest BCUT2D eigenvalue weighted by molar-refractivity contribution is 8.18. The van der Waals surface area contributed by atoms with Crippen molar-refractivity contribution in [3.05, 3.63) is 82.3 Å². The van der Waals surface area contributed by atoms with Crippen LogP contribution in [-0.4, -0.2) is 22.2 Å². The van der Waals surface area contributed by atoms with Crippen molar-refractivity contribution in [1.82, 2.24) is 4.90 Å². The summed E-state index contributed by atoms with van der Waals surface area (Å²) in [6, 6.07) is 19.7. The van der Waals surface area contributed by atoms with Crippen molar-refractivity contribution in [2.75, 3.05) is 0 Å². The Bertz CT molecular complexity index is 1170. The molecule has 0 saturated carbocycles. The van der Waals surface area contributed by atoms with Gasteiger partial charge < -0.3 is 4.74 Å². The molecular formula is C25H23NO3S. The SMILES string of the molecule is Cc1cccc(CN2C(=O)S/C(=C/c3c(OC(C)C)ccc4ccccc34)C2=O)c1. The van der Waals surface area contributed by atoms with Gasteiger partial charge in [-0.05, 0) is 61.0 Å². The molecule has 30 heavy (non-hydrogen) atoms. The Balaban J connectivity index is 1.72. The normalized spacial score (nSPS) is 15.6. The van der Waals surface area contributed by atoms with Crippen molar-refractivity contribution in [3.63, 3.8) is 0 Å². The molecule has 1 aliphatic rings. The third-order valence-corrected chi connectivity index (χ3v) is 5.77. The van der Waals surface area contributed by atoms with Crippen molar-refractivity contribution in [3.8, 4) is 5.75 Å². The van der Waals surface area contributed by atoms with Crippen LogP contribution in [0.1, 0.15) is 30.5 Å². The first-order valence-corrected chi connectivity index (χ1v) is 10.7. The van der Waals surface area contributed by atoms with Crippen LogP contribution in [0.3, 0.4) is 0 Å². The summed E-state index contributed by atoms with van der Waals surface area (Å²) < 4.78 is 6.00. The van der Waals surface area contributed by atoms with Gasteiger partial charge in [0, 0.05) is 5.56 Å². The number of amides is 2. The van der Waals surface area contributed by atoms with Crippen LogP contribution in [0.2, 0.25) is 0 Å². The Morgan fingerprint density at radius 3 is 2.60 bits per heavy atom. The topological polar surface area (TPSA) is 46.6 Å². The van der Waals surface area contributed by atoms with Crippen LogP contribution in [0, 0.1) is 6.92 Å². The second-order valence-corrected chi connectivity index (χ2v) is 8.62. The quantitative estimate of drug-likeness (QED) is 0.466. The maximum absolute atomic E-state index is 13.1. The van der Waals surface area contributed by atoms with Gasteiger partial charge in [0.15, 0.2) is 0 Å². The third kappa shape index (κ3) is 4.12. The molecule has 3 aromatic rings. The number of ether oxygens (including phenoxy) is 1. The molecule has 4 nitrogen and oxygen atoms in total. The van der Waals surface area contributed by atoms with Gasteiger partial charge in [0.2, 0.25) is 0 Å². The number of fused-ring (bicyclic) bond motifs is 1. The van der Waals surface area contributed by atoms with E-state index in [1.165, 1.54) is 4.90 Å². The van der Waals surface area contributed by atoms with E-state index in [0.717, 1.165) is 39.2 Å². The third-order valence-electron chi connectivity index (χ3n) is 4.87. The molecule has 0 radical (unpaired) electrons. The number of rotatable bonds is 5. The number of nitrogens with zero attached hydrogens (tertiary/aromatic N) is 1. The van der Waals surface area contributed by atoms with Crippen LogP contribution in [0.25, 0.3) is 16.8 Å². The monoisotopic (exact) mass is 417 g/mol. The minimum absolute atomic E-state index is 0.00491. The predicted molar refractivity (Wildman–Crippen MR) is 122 cm³/mol. The summed E-state index contributed by atoms with van der Waals surface area (Å²) >= 11 is 0.979. The number of aryl methyl sites for hydroxylation is 1. The molecule has 5 heteroatoms. The number of hydrogen-bond donors (Lipinski definition) is 0. The highest BCUT2D eigenvalue weighted by Gasteiger charge is 2.35. The summed E-state index contributed by atoms with van der Waals surface area (Å²) in [4.78, 5) is 27.4. The van der Waals surface area contributed by atoms with Gasteiger partial charge in [0.05, 0.1) is 17.6 Å². The Morgan fingerprint density at radius 2 is 1.83 bits per heavy atom. The van der Waals surface area contributed by atoms with Crippen LogP contribution in [0.5, 0.6) is 5.75 Å². The summed E-state index contributed by atoms with van der Waals surface area (Å²) in [6.07, 6.45) is 1.79. The number of thioether (sulfide) groups is 1. The highest BCUT2D eigenvalue weighted by Crippen LogP contribution is 2.37. The average Bonchev–Trinajstić information content (AvgIpc) is 2.97. The highest BCUT2D eigenvalue weighted by atomic mass is 32.2. The first-order valence-electron chi connectivity index (χ1n) is 9.91. The summed E-state index contributed by atoms with van der Waals surface area (Å²) in [6.45, 7) is 6.20. The standard InChI is InChI=1S/C25H23NO3S/c1-16(2)29-22-12-11-19-9-4-5-10-20(19)21(22)14-23-24(27)26(25(28)30-23)15-18-8-6-7-17(3)13-18/h4-14,16H,15H2,1-3H3/b23-14+. The number of carbonyl (C=O) groups excluding carboxylic acids is 2. The Kier molecular flexibility index (Phi) is 5.64. The Morgan fingerprint density at radius 1 is 1.03 bits per heavy atom. The van der Waals surface area contributed by atoms with E-state index in [9.17, 15) is 9.59 Å². The van der Waals surface area contributed by atoms with Gasteiger partial charge >= 0.3 is 0 Å². The second-order valence-electron chi connectivity index (χ2n) is 7.62. The van der Waals surface area contributed by atoms with Gasteiger partial charge in [0.1, 0.15) is 5.75 Å². The van der Waals surface area contributed by atoms with E-state index in [1.54, 1.807) is 6.08 Å². The Labute approximate surface area is 180 Å². The van der Waals surface area contributed by atoms with Gasteiger partial charge in [-0.3, -0.25) is 14.5 Å². The fourth-order valence-electron chi connectivity index (χ4n) is 3.54. The molecule has 4 rings (SSSR count). The molecule has 0 bridgehead atoms. The zero-order valence-corrected chi connectivity index (χ0v) is 18.0. The molecule has 1 aliphatic heterocycles. The molecule has 0 spiro atoms. The summed E-state index contributed by atoms with van der Waals surface area (Å²) in [5.74, 6) is 0.434. The second kappa shape index (κ2) is 8.36. The van der Waals surface area contributed by atoms with Crippen LogP contribution in [-0.2, 0) is 11.3 Å².